The molecule has 0 aliphatic heterocycles. The molecule has 1 aromatic carbocycles. The van der Waals surface area contributed by atoms with Gasteiger partial charge in [-0.1, -0.05) is 0 Å². The third-order valence-corrected chi connectivity index (χ3v) is 2.16. The van der Waals surface area contributed by atoms with Crippen LogP contribution >= 0.6 is 0 Å². The Morgan fingerprint density at radius 1 is 1.19 bits per heavy atom. The highest BCUT2D eigenvalue weighted by atomic mass is 16.5. The summed E-state index contributed by atoms with van der Waals surface area (Å²) in [4.78, 5) is 0. The van der Waals surface area contributed by atoms with Crippen LogP contribution in [0.2, 0.25) is 0 Å². The predicted octanol–water partition coefficient (Wildman–Crippen LogP) is 3.04. The first-order chi connectivity index (χ1) is 7.78. The number of nitrogens with zero attached hydrogens (tertiary/aromatic N) is 1. The average molecular weight is 213 g/mol. The maximum atomic E-state index is 8.63. The molecule has 0 fully saturated rings. The van der Waals surface area contributed by atoms with Crippen LogP contribution < -0.4 is 4.74 Å². The smallest absolute Gasteiger partial charge is 0.146 e. The number of rotatable bonds is 3. The maximum Gasteiger partial charge on any atom is 0.146 e. The molecule has 0 atom stereocenters. The maximum absolute atomic E-state index is 8.63. The van der Waals surface area contributed by atoms with Gasteiger partial charge in [-0.25, -0.2) is 0 Å². The molecule has 2 aromatic rings. The van der Waals surface area contributed by atoms with Crippen molar-refractivity contribution in [3.05, 3.63) is 53.5 Å². The normalized spacial score (nSPS) is 9.75. The number of benzene rings is 1. The first kappa shape index (κ1) is 10.3. The van der Waals surface area contributed by atoms with E-state index in [1.54, 1.807) is 24.3 Å². The molecule has 3 nitrogen and oxygen atoms in total. The molecule has 80 valence electrons. The van der Waals surface area contributed by atoms with Crippen LogP contribution in [-0.4, -0.2) is 0 Å². The summed E-state index contributed by atoms with van der Waals surface area (Å²) in [5.41, 5.74) is 0.626. The van der Waals surface area contributed by atoms with Crippen LogP contribution in [0.1, 0.15) is 17.1 Å². The lowest BCUT2D eigenvalue weighted by Crippen LogP contribution is -1.93. The Kier molecular flexibility index (Phi) is 2.93. The van der Waals surface area contributed by atoms with Gasteiger partial charge in [0.1, 0.15) is 23.9 Å². The molecule has 0 N–H and O–H groups in total. The number of ether oxygens (including phenoxy) is 1. The Labute approximate surface area is 93.9 Å². The Morgan fingerprint density at radius 2 is 1.94 bits per heavy atom. The van der Waals surface area contributed by atoms with Crippen molar-refractivity contribution in [2.75, 3.05) is 0 Å². The van der Waals surface area contributed by atoms with Gasteiger partial charge in [-0.3, -0.25) is 0 Å². The summed E-state index contributed by atoms with van der Waals surface area (Å²) in [5, 5.41) is 8.63. The lowest BCUT2D eigenvalue weighted by Gasteiger charge is -2.03. The topological polar surface area (TPSA) is 46.2 Å². The standard InChI is InChI=1S/C13H11NO2/c1-10-2-5-13(16-10)9-15-12-6-3-11(8-14)4-7-12/h2-7H,9H2,1H3. The SMILES string of the molecule is Cc1ccc(COc2ccc(C#N)cc2)o1. The summed E-state index contributed by atoms with van der Waals surface area (Å²) in [6.07, 6.45) is 0. The van der Waals surface area contributed by atoms with Gasteiger partial charge >= 0.3 is 0 Å². The van der Waals surface area contributed by atoms with Gasteiger partial charge in [0.05, 0.1) is 11.6 Å². The van der Waals surface area contributed by atoms with Crippen molar-refractivity contribution < 1.29 is 9.15 Å². The van der Waals surface area contributed by atoms with E-state index >= 15 is 0 Å². The highest BCUT2D eigenvalue weighted by Gasteiger charge is 2.00. The first-order valence-electron chi connectivity index (χ1n) is 4.96. The van der Waals surface area contributed by atoms with Crippen LogP contribution in [0.15, 0.2) is 40.8 Å². The summed E-state index contributed by atoms with van der Waals surface area (Å²) in [7, 11) is 0. The van der Waals surface area contributed by atoms with E-state index in [2.05, 4.69) is 6.07 Å². The zero-order valence-corrected chi connectivity index (χ0v) is 8.93. The zero-order valence-electron chi connectivity index (χ0n) is 8.93. The predicted molar refractivity (Wildman–Crippen MR) is 58.9 cm³/mol. The van der Waals surface area contributed by atoms with Crippen LogP contribution in [-0.2, 0) is 6.61 Å². The molecule has 16 heavy (non-hydrogen) atoms. The lowest BCUT2D eigenvalue weighted by molar-refractivity contribution is 0.267. The number of hydrogen-bond acceptors (Lipinski definition) is 3. The van der Waals surface area contributed by atoms with Crippen molar-refractivity contribution in [2.45, 2.75) is 13.5 Å². The van der Waals surface area contributed by atoms with E-state index in [-0.39, 0.29) is 0 Å². The Bertz CT molecular complexity index is 505. The molecule has 3 heteroatoms. The van der Waals surface area contributed by atoms with Gasteiger partial charge in [-0.15, -0.1) is 0 Å². The van der Waals surface area contributed by atoms with Crippen molar-refractivity contribution in [1.29, 1.82) is 5.26 Å². The van der Waals surface area contributed by atoms with E-state index in [0.29, 0.717) is 12.2 Å². The van der Waals surface area contributed by atoms with Crippen molar-refractivity contribution in [2.24, 2.45) is 0 Å². The number of aryl methyl sites for hydroxylation is 1. The van der Waals surface area contributed by atoms with Crippen molar-refractivity contribution in [3.63, 3.8) is 0 Å². The van der Waals surface area contributed by atoms with Crippen molar-refractivity contribution in [1.82, 2.24) is 0 Å². The third-order valence-electron chi connectivity index (χ3n) is 2.16. The zero-order chi connectivity index (χ0) is 11.4. The van der Waals surface area contributed by atoms with E-state index in [1.807, 2.05) is 19.1 Å². The summed E-state index contributed by atoms with van der Waals surface area (Å²) >= 11 is 0. The Morgan fingerprint density at radius 3 is 2.50 bits per heavy atom. The van der Waals surface area contributed by atoms with E-state index in [4.69, 9.17) is 14.4 Å². The fourth-order valence-electron chi connectivity index (χ4n) is 1.34. The molecule has 0 saturated heterocycles. The molecule has 0 amide bonds. The average Bonchev–Trinajstić information content (AvgIpc) is 2.73. The van der Waals surface area contributed by atoms with Gasteiger partial charge < -0.3 is 9.15 Å². The van der Waals surface area contributed by atoms with E-state index in [1.165, 1.54) is 0 Å². The second-order valence-corrected chi connectivity index (χ2v) is 3.44. The van der Waals surface area contributed by atoms with E-state index < -0.39 is 0 Å². The summed E-state index contributed by atoms with van der Waals surface area (Å²) in [6, 6.07) is 12.8. The Balaban J connectivity index is 1.97. The quantitative estimate of drug-likeness (QED) is 0.787. The highest BCUT2D eigenvalue weighted by molar-refractivity contribution is 5.34. The van der Waals surface area contributed by atoms with Crippen molar-refractivity contribution in [3.8, 4) is 11.8 Å². The number of furan rings is 1. The van der Waals surface area contributed by atoms with Crippen LogP contribution in [0.4, 0.5) is 0 Å². The number of hydrogen-bond donors (Lipinski definition) is 0. The monoisotopic (exact) mass is 213 g/mol. The molecule has 0 aliphatic rings. The van der Waals surface area contributed by atoms with Gasteiger partial charge in [0.2, 0.25) is 0 Å². The Hall–Kier alpha value is -2.21. The molecule has 0 unspecified atom stereocenters. The first-order valence-corrected chi connectivity index (χ1v) is 4.96. The van der Waals surface area contributed by atoms with Crippen LogP contribution in [0, 0.1) is 18.3 Å². The van der Waals surface area contributed by atoms with E-state index in [0.717, 1.165) is 17.3 Å². The summed E-state index contributed by atoms with van der Waals surface area (Å²) in [6.45, 7) is 2.30. The highest BCUT2D eigenvalue weighted by Crippen LogP contribution is 2.14. The van der Waals surface area contributed by atoms with Gasteiger partial charge in [-0.05, 0) is 43.3 Å². The minimum atomic E-state index is 0.403. The second kappa shape index (κ2) is 4.54. The molecular weight excluding hydrogens is 202 g/mol. The van der Waals surface area contributed by atoms with Gasteiger partial charge in [0, 0.05) is 0 Å². The second-order valence-electron chi connectivity index (χ2n) is 3.44. The van der Waals surface area contributed by atoms with Gasteiger partial charge in [0.25, 0.3) is 0 Å². The minimum absolute atomic E-state index is 0.403. The van der Waals surface area contributed by atoms with E-state index in [9.17, 15) is 0 Å². The molecule has 2 rings (SSSR count). The molecule has 0 radical (unpaired) electrons. The summed E-state index contributed by atoms with van der Waals surface area (Å²) in [5.74, 6) is 2.40. The van der Waals surface area contributed by atoms with Crippen LogP contribution in [0.5, 0.6) is 5.75 Å². The third kappa shape index (κ3) is 2.43. The lowest BCUT2D eigenvalue weighted by atomic mass is 10.2. The summed E-state index contributed by atoms with van der Waals surface area (Å²) < 4.78 is 10.9. The molecule has 0 spiro atoms. The molecule has 1 heterocycles. The number of nitriles is 1. The molecule has 0 saturated carbocycles. The van der Waals surface area contributed by atoms with Gasteiger partial charge in [-0.2, -0.15) is 5.26 Å². The van der Waals surface area contributed by atoms with Crippen molar-refractivity contribution >= 4 is 0 Å². The van der Waals surface area contributed by atoms with Crippen LogP contribution in [0.25, 0.3) is 0 Å². The largest absolute Gasteiger partial charge is 0.486 e. The molecule has 1 aromatic heterocycles. The fraction of sp³-hybridized carbons (Fsp3) is 0.154. The molecule has 0 aliphatic carbocycles. The molecule has 0 bridgehead atoms. The fourth-order valence-corrected chi connectivity index (χ4v) is 1.34. The minimum Gasteiger partial charge on any atom is -0.486 e. The molecular formula is C13H11NO2. The van der Waals surface area contributed by atoms with Crippen LogP contribution in [0.3, 0.4) is 0 Å². The van der Waals surface area contributed by atoms with Gasteiger partial charge in [0.15, 0.2) is 0 Å².